The number of nitrogens with one attached hydrogen (secondary N) is 2. The second kappa shape index (κ2) is 9.11. The van der Waals surface area contributed by atoms with Crippen molar-refractivity contribution >= 4 is 22.5 Å². The van der Waals surface area contributed by atoms with Crippen molar-refractivity contribution in [2.45, 2.75) is 31.7 Å². The first-order valence-electron chi connectivity index (χ1n) is 12.3. The summed E-state index contributed by atoms with van der Waals surface area (Å²) >= 11 is 0. The fraction of sp³-hybridized carbons (Fsp3) is 0.333. The SMILES string of the molecule is C[C@@H](Nc1cc(-c2nc(N3CCNCC3)c3c(C4CC4)cncc3n2)ccn1)c1ccccc1O. The number of phenols is 1. The summed E-state index contributed by atoms with van der Waals surface area (Å²) in [5.74, 6) is 3.21. The van der Waals surface area contributed by atoms with Gasteiger partial charge in [0.2, 0.25) is 0 Å². The number of aromatic nitrogens is 4. The third kappa shape index (κ3) is 4.37. The van der Waals surface area contributed by atoms with Gasteiger partial charge in [-0.3, -0.25) is 4.98 Å². The number of hydrogen-bond acceptors (Lipinski definition) is 8. The molecule has 2 fully saturated rings. The molecule has 2 aliphatic rings. The van der Waals surface area contributed by atoms with Gasteiger partial charge in [0, 0.05) is 55.1 Å². The lowest BCUT2D eigenvalue weighted by Crippen LogP contribution is -2.44. The molecule has 3 N–H and O–H groups in total. The Morgan fingerprint density at radius 3 is 2.71 bits per heavy atom. The van der Waals surface area contributed by atoms with E-state index in [1.165, 1.54) is 18.4 Å². The molecule has 35 heavy (non-hydrogen) atoms. The van der Waals surface area contributed by atoms with Crippen LogP contribution in [0.15, 0.2) is 55.0 Å². The van der Waals surface area contributed by atoms with Crippen molar-refractivity contribution in [3.63, 3.8) is 0 Å². The Morgan fingerprint density at radius 1 is 1.09 bits per heavy atom. The van der Waals surface area contributed by atoms with E-state index in [0.29, 0.717) is 17.6 Å². The molecule has 1 saturated carbocycles. The van der Waals surface area contributed by atoms with Crippen molar-refractivity contribution in [3.8, 4) is 17.1 Å². The van der Waals surface area contributed by atoms with Crippen molar-refractivity contribution in [2.75, 3.05) is 36.4 Å². The van der Waals surface area contributed by atoms with Gasteiger partial charge in [0.15, 0.2) is 5.82 Å². The molecule has 0 spiro atoms. The number of piperazine rings is 1. The van der Waals surface area contributed by atoms with E-state index < -0.39 is 0 Å². The van der Waals surface area contributed by atoms with E-state index in [2.05, 4.69) is 25.5 Å². The summed E-state index contributed by atoms with van der Waals surface area (Å²) in [5, 5.41) is 18.2. The zero-order valence-electron chi connectivity index (χ0n) is 19.8. The van der Waals surface area contributed by atoms with Gasteiger partial charge in [-0.15, -0.1) is 0 Å². The highest BCUT2D eigenvalue weighted by molar-refractivity contribution is 5.94. The Hall–Kier alpha value is -3.78. The summed E-state index contributed by atoms with van der Waals surface area (Å²) < 4.78 is 0. The average molecular weight is 468 g/mol. The second-order valence-corrected chi connectivity index (χ2v) is 9.36. The molecule has 1 aliphatic heterocycles. The van der Waals surface area contributed by atoms with Crippen LogP contribution in [0, 0.1) is 0 Å². The monoisotopic (exact) mass is 467 g/mol. The van der Waals surface area contributed by atoms with E-state index in [1.807, 2.05) is 49.6 Å². The van der Waals surface area contributed by atoms with Crippen LogP contribution in [0.3, 0.4) is 0 Å². The van der Waals surface area contributed by atoms with Crippen molar-refractivity contribution in [3.05, 3.63) is 66.1 Å². The normalized spacial score (nSPS) is 16.9. The molecule has 178 valence electrons. The molecule has 1 atom stereocenters. The minimum absolute atomic E-state index is 0.113. The summed E-state index contributed by atoms with van der Waals surface area (Å²) in [4.78, 5) is 21.5. The molecule has 4 aromatic rings. The zero-order chi connectivity index (χ0) is 23.8. The number of nitrogens with zero attached hydrogens (tertiary/aromatic N) is 5. The van der Waals surface area contributed by atoms with E-state index in [9.17, 15) is 5.11 Å². The highest BCUT2D eigenvalue weighted by Gasteiger charge is 2.29. The molecular weight excluding hydrogens is 438 g/mol. The third-order valence-electron chi connectivity index (χ3n) is 6.84. The van der Waals surface area contributed by atoms with Crippen LogP contribution in [0.2, 0.25) is 0 Å². The third-order valence-corrected chi connectivity index (χ3v) is 6.84. The average Bonchev–Trinajstić information content (AvgIpc) is 3.74. The van der Waals surface area contributed by atoms with Crippen LogP contribution in [0.1, 0.15) is 42.9 Å². The van der Waals surface area contributed by atoms with Gasteiger partial charge in [0.1, 0.15) is 17.4 Å². The maximum atomic E-state index is 10.2. The summed E-state index contributed by atoms with van der Waals surface area (Å²) in [7, 11) is 0. The number of phenolic OH excluding ortho intramolecular Hbond substituents is 1. The Morgan fingerprint density at radius 2 is 1.91 bits per heavy atom. The summed E-state index contributed by atoms with van der Waals surface area (Å²) in [6.45, 7) is 5.72. The van der Waals surface area contributed by atoms with Gasteiger partial charge in [0.05, 0.1) is 17.8 Å². The molecule has 6 rings (SSSR count). The molecular formula is C27H29N7O. The molecule has 1 saturated heterocycles. The van der Waals surface area contributed by atoms with E-state index in [1.54, 1.807) is 12.3 Å². The number of pyridine rings is 2. The van der Waals surface area contributed by atoms with Crippen molar-refractivity contribution in [2.24, 2.45) is 0 Å². The molecule has 4 heterocycles. The van der Waals surface area contributed by atoms with Crippen LogP contribution in [0.25, 0.3) is 22.3 Å². The van der Waals surface area contributed by atoms with E-state index in [-0.39, 0.29) is 11.8 Å². The van der Waals surface area contributed by atoms with Gasteiger partial charge >= 0.3 is 0 Å². The minimum atomic E-state index is -0.113. The van der Waals surface area contributed by atoms with E-state index >= 15 is 0 Å². The Bertz CT molecular complexity index is 1370. The number of benzene rings is 1. The fourth-order valence-electron chi connectivity index (χ4n) is 4.83. The van der Waals surface area contributed by atoms with Crippen LogP contribution in [-0.2, 0) is 0 Å². The Balaban J connectivity index is 1.39. The van der Waals surface area contributed by atoms with Gasteiger partial charge < -0.3 is 20.6 Å². The lowest BCUT2D eigenvalue weighted by molar-refractivity contribution is 0.465. The van der Waals surface area contributed by atoms with Gasteiger partial charge in [-0.25, -0.2) is 15.0 Å². The van der Waals surface area contributed by atoms with Gasteiger partial charge in [-0.2, -0.15) is 0 Å². The fourth-order valence-corrected chi connectivity index (χ4v) is 4.83. The maximum Gasteiger partial charge on any atom is 0.162 e. The largest absolute Gasteiger partial charge is 0.508 e. The first kappa shape index (κ1) is 21.7. The molecule has 8 heteroatoms. The Labute approximate surface area is 204 Å². The number of anilines is 2. The smallest absolute Gasteiger partial charge is 0.162 e. The van der Waals surface area contributed by atoms with Crippen LogP contribution >= 0.6 is 0 Å². The van der Waals surface area contributed by atoms with E-state index in [4.69, 9.17) is 9.97 Å². The summed E-state index contributed by atoms with van der Waals surface area (Å²) in [6.07, 6.45) is 8.05. The lowest BCUT2D eigenvalue weighted by atomic mass is 10.1. The number of fused-ring (bicyclic) bond motifs is 1. The summed E-state index contributed by atoms with van der Waals surface area (Å²) in [6, 6.07) is 11.1. The molecule has 0 amide bonds. The molecule has 0 bridgehead atoms. The molecule has 8 nitrogen and oxygen atoms in total. The standard InChI is InChI=1S/C27H29N7O/c1-17(20-4-2-3-5-23(20)35)31-24-14-19(8-9-30-24)26-32-22-16-29-15-21(18-6-7-18)25(22)27(33-26)34-12-10-28-11-13-34/h2-5,8-9,14-18,28,35H,6-7,10-13H2,1H3,(H,30,31)/t17-/m1/s1. The Kier molecular flexibility index (Phi) is 5.66. The predicted molar refractivity (Wildman–Crippen MR) is 138 cm³/mol. The van der Waals surface area contributed by atoms with Crippen LogP contribution in [0.4, 0.5) is 11.6 Å². The molecule has 1 aliphatic carbocycles. The van der Waals surface area contributed by atoms with Gasteiger partial charge in [0.25, 0.3) is 0 Å². The van der Waals surface area contributed by atoms with Crippen LogP contribution < -0.4 is 15.5 Å². The molecule has 1 aromatic carbocycles. The van der Waals surface area contributed by atoms with Gasteiger partial charge in [-0.05, 0) is 49.4 Å². The zero-order valence-corrected chi connectivity index (χ0v) is 19.8. The molecule has 0 unspecified atom stereocenters. The molecule has 0 radical (unpaired) electrons. The summed E-state index contributed by atoms with van der Waals surface area (Å²) in [5.41, 5.74) is 3.88. The van der Waals surface area contributed by atoms with Crippen molar-refractivity contribution in [1.29, 1.82) is 0 Å². The van der Waals surface area contributed by atoms with Crippen molar-refractivity contribution < 1.29 is 5.11 Å². The minimum Gasteiger partial charge on any atom is -0.508 e. The quantitative estimate of drug-likeness (QED) is 0.387. The van der Waals surface area contributed by atoms with Crippen molar-refractivity contribution in [1.82, 2.24) is 25.3 Å². The number of rotatable bonds is 6. The topological polar surface area (TPSA) is 99.1 Å². The van der Waals surface area contributed by atoms with Gasteiger partial charge in [-0.1, -0.05) is 18.2 Å². The molecule has 3 aromatic heterocycles. The highest BCUT2D eigenvalue weighted by atomic mass is 16.3. The highest BCUT2D eigenvalue weighted by Crippen LogP contribution is 2.44. The number of aromatic hydroxyl groups is 1. The van der Waals surface area contributed by atoms with Crippen LogP contribution in [0.5, 0.6) is 5.75 Å². The lowest BCUT2D eigenvalue weighted by Gasteiger charge is -2.30. The van der Waals surface area contributed by atoms with E-state index in [0.717, 1.165) is 54.0 Å². The van der Waals surface area contributed by atoms with Crippen LogP contribution in [-0.4, -0.2) is 51.2 Å². The predicted octanol–water partition coefficient (Wildman–Crippen LogP) is 4.25. The first-order chi connectivity index (χ1) is 17.2. The first-order valence-corrected chi connectivity index (χ1v) is 12.3. The number of hydrogen-bond donors (Lipinski definition) is 3. The number of para-hydroxylation sites is 1. The second-order valence-electron chi connectivity index (χ2n) is 9.36. The maximum absolute atomic E-state index is 10.2.